The molecule has 2 fully saturated rings. The van der Waals surface area contributed by atoms with Crippen LogP contribution in [0.4, 0.5) is 23.7 Å². The lowest BCUT2D eigenvalue weighted by Crippen LogP contribution is -2.60. The van der Waals surface area contributed by atoms with Gasteiger partial charge in [-0.3, -0.25) is 4.79 Å². The minimum absolute atomic E-state index is 0.0612. The molecule has 1 N–H and O–H groups in total. The average molecular weight is 447 g/mol. The van der Waals surface area contributed by atoms with Crippen LogP contribution in [0.3, 0.4) is 0 Å². The number of amides is 3. The first-order valence-corrected chi connectivity index (χ1v) is 9.66. The Morgan fingerprint density at radius 3 is 2.45 bits per heavy atom. The summed E-state index contributed by atoms with van der Waals surface area (Å²) in [5.74, 6) is -1.74. The second-order valence-electron chi connectivity index (χ2n) is 7.13. The van der Waals surface area contributed by atoms with Gasteiger partial charge in [0.25, 0.3) is 0 Å². The molecule has 3 amide bonds. The van der Waals surface area contributed by atoms with E-state index in [2.05, 4.69) is 10.1 Å². The van der Waals surface area contributed by atoms with Crippen LogP contribution in [0.25, 0.3) is 0 Å². The molecule has 1 unspecified atom stereocenters. The number of benzene rings is 1. The van der Waals surface area contributed by atoms with Crippen LogP contribution in [0.2, 0.25) is 0 Å². The molecule has 1 atom stereocenters. The van der Waals surface area contributed by atoms with Gasteiger partial charge in [-0.1, -0.05) is 0 Å². The summed E-state index contributed by atoms with van der Waals surface area (Å²) >= 11 is 0. The number of methoxy groups -OCH3 is 1. The van der Waals surface area contributed by atoms with Crippen molar-refractivity contribution >= 4 is 17.6 Å². The highest BCUT2D eigenvalue weighted by Gasteiger charge is 2.43. The van der Waals surface area contributed by atoms with Crippen molar-refractivity contribution < 1.29 is 41.7 Å². The van der Waals surface area contributed by atoms with Crippen molar-refractivity contribution in [2.24, 2.45) is 0 Å². The predicted molar refractivity (Wildman–Crippen MR) is 101 cm³/mol. The van der Waals surface area contributed by atoms with Crippen LogP contribution >= 0.6 is 0 Å². The highest BCUT2D eigenvalue weighted by Crippen LogP contribution is 2.26. The zero-order valence-corrected chi connectivity index (χ0v) is 16.9. The van der Waals surface area contributed by atoms with Gasteiger partial charge in [0.15, 0.2) is 0 Å². The van der Waals surface area contributed by atoms with Crippen LogP contribution in [0.1, 0.15) is 6.42 Å². The molecular weight excluding hydrogens is 423 g/mol. The fraction of sp³-hybridized carbons (Fsp3) is 0.579. The molecular formula is C19H24F3N3O6. The van der Waals surface area contributed by atoms with Crippen LogP contribution < -0.4 is 10.1 Å². The second-order valence-corrected chi connectivity index (χ2v) is 7.13. The zero-order valence-electron chi connectivity index (χ0n) is 16.9. The van der Waals surface area contributed by atoms with Crippen molar-refractivity contribution in [3.63, 3.8) is 0 Å². The molecule has 0 radical (unpaired) electrons. The molecule has 9 nitrogen and oxygen atoms in total. The van der Waals surface area contributed by atoms with Crippen molar-refractivity contribution in [1.82, 2.24) is 9.80 Å². The first-order chi connectivity index (χ1) is 14.7. The molecule has 1 aromatic rings. The van der Waals surface area contributed by atoms with E-state index < -0.39 is 18.2 Å². The summed E-state index contributed by atoms with van der Waals surface area (Å²) in [6.45, 7) is 1.57. The number of ether oxygens (including phenoxy) is 4. The fourth-order valence-electron chi connectivity index (χ4n) is 3.41. The highest BCUT2D eigenvalue weighted by atomic mass is 19.4. The lowest BCUT2D eigenvalue weighted by Gasteiger charge is -2.43. The molecule has 12 heteroatoms. The van der Waals surface area contributed by atoms with Gasteiger partial charge in [0.1, 0.15) is 12.4 Å². The molecule has 3 rings (SSSR count). The number of carbonyl (C=O) groups excluding carboxylic acids is 2. The van der Waals surface area contributed by atoms with Gasteiger partial charge in [0, 0.05) is 25.9 Å². The van der Waals surface area contributed by atoms with Gasteiger partial charge in [-0.25, -0.2) is 4.79 Å². The first kappa shape index (κ1) is 23.1. The Balaban J connectivity index is 1.64. The molecule has 2 saturated heterocycles. The molecule has 1 spiro atoms. The van der Waals surface area contributed by atoms with E-state index in [1.165, 1.54) is 24.1 Å². The Bertz CT molecular complexity index is 776. The van der Waals surface area contributed by atoms with Crippen LogP contribution in [-0.4, -0.2) is 87.0 Å². The van der Waals surface area contributed by atoms with E-state index in [-0.39, 0.29) is 38.0 Å². The number of rotatable bonds is 4. The molecule has 2 aliphatic heterocycles. The van der Waals surface area contributed by atoms with Crippen LogP contribution in [0.5, 0.6) is 5.75 Å². The number of morpholine rings is 1. The number of carbonyl (C=O) groups is 2. The largest absolute Gasteiger partial charge is 0.573 e. The third kappa shape index (κ3) is 6.45. The Labute approximate surface area is 177 Å². The maximum atomic E-state index is 12.8. The van der Waals surface area contributed by atoms with E-state index in [0.29, 0.717) is 31.8 Å². The Morgan fingerprint density at radius 1 is 1.10 bits per heavy atom. The SMILES string of the molecule is COCC(=O)N1CCOC2(C1)CN(C(=O)Nc1ccc(OC(F)(F)F)cc1)CCCO2. The minimum Gasteiger partial charge on any atom is -0.406 e. The molecule has 172 valence electrons. The van der Waals surface area contributed by atoms with Crippen LogP contribution in [0.15, 0.2) is 24.3 Å². The van der Waals surface area contributed by atoms with Crippen molar-refractivity contribution in [2.75, 3.05) is 58.4 Å². The number of anilines is 1. The fourth-order valence-corrected chi connectivity index (χ4v) is 3.41. The van der Waals surface area contributed by atoms with E-state index in [1.807, 2.05) is 0 Å². The number of nitrogens with zero attached hydrogens (tertiary/aromatic N) is 2. The zero-order chi connectivity index (χ0) is 22.5. The maximum Gasteiger partial charge on any atom is 0.573 e. The lowest BCUT2D eigenvalue weighted by molar-refractivity contribution is -0.274. The third-order valence-corrected chi connectivity index (χ3v) is 4.77. The normalized spacial score (nSPS) is 22.2. The van der Waals surface area contributed by atoms with Crippen LogP contribution in [0, 0.1) is 0 Å². The first-order valence-electron chi connectivity index (χ1n) is 9.66. The van der Waals surface area contributed by atoms with Gasteiger partial charge in [-0.2, -0.15) is 0 Å². The molecule has 2 heterocycles. The van der Waals surface area contributed by atoms with Gasteiger partial charge < -0.3 is 34.1 Å². The Hall–Kier alpha value is -2.57. The van der Waals surface area contributed by atoms with Gasteiger partial charge in [0.05, 0.1) is 26.3 Å². The number of halogens is 3. The maximum absolute atomic E-state index is 12.8. The van der Waals surface area contributed by atoms with E-state index in [9.17, 15) is 22.8 Å². The van der Waals surface area contributed by atoms with Gasteiger partial charge in [0.2, 0.25) is 11.7 Å². The molecule has 0 bridgehead atoms. The van der Waals surface area contributed by atoms with Crippen molar-refractivity contribution in [3.8, 4) is 5.75 Å². The van der Waals surface area contributed by atoms with Gasteiger partial charge in [-0.15, -0.1) is 13.2 Å². The van der Waals surface area contributed by atoms with E-state index >= 15 is 0 Å². The minimum atomic E-state index is -4.79. The van der Waals surface area contributed by atoms with Crippen LogP contribution in [-0.2, 0) is 19.0 Å². The Kier molecular flexibility index (Phi) is 7.23. The van der Waals surface area contributed by atoms with Gasteiger partial charge in [-0.05, 0) is 30.7 Å². The average Bonchev–Trinajstić information content (AvgIpc) is 2.91. The molecule has 1 aromatic carbocycles. The topological polar surface area (TPSA) is 89.6 Å². The van der Waals surface area contributed by atoms with Crippen molar-refractivity contribution in [3.05, 3.63) is 24.3 Å². The lowest BCUT2D eigenvalue weighted by atomic mass is 10.2. The smallest absolute Gasteiger partial charge is 0.406 e. The third-order valence-electron chi connectivity index (χ3n) is 4.77. The number of urea groups is 1. The summed E-state index contributed by atoms with van der Waals surface area (Å²) < 4.78 is 57.3. The summed E-state index contributed by atoms with van der Waals surface area (Å²) in [5.41, 5.74) is 0.306. The second kappa shape index (κ2) is 9.71. The Morgan fingerprint density at radius 2 is 1.77 bits per heavy atom. The van der Waals surface area contributed by atoms with E-state index in [4.69, 9.17) is 14.2 Å². The highest BCUT2D eigenvalue weighted by molar-refractivity contribution is 5.89. The molecule has 0 aliphatic carbocycles. The molecule has 31 heavy (non-hydrogen) atoms. The number of hydrogen-bond acceptors (Lipinski definition) is 6. The van der Waals surface area contributed by atoms with Crippen molar-refractivity contribution in [2.45, 2.75) is 18.6 Å². The summed E-state index contributed by atoms with van der Waals surface area (Å²) in [6.07, 6.45) is -4.23. The predicted octanol–water partition coefficient (Wildman–Crippen LogP) is 2.04. The van der Waals surface area contributed by atoms with Gasteiger partial charge >= 0.3 is 12.4 Å². The monoisotopic (exact) mass is 447 g/mol. The quantitative estimate of drug-likeness (QED) is 0.760. The standard InChI is InChI=1S/C19H24F3N3O6/c1-28-11-16(26)24-8-10-30-18(12-24)13-25(7-2-9-29-18)17(27)23-14-3-5-15(6-4-14)31-19(20,21)22/h3-6H,2,7-13H2,1H3,(H,23,27). The summed E-state index contributed by atoms with van der Waals surface area (Å²) in [4.78, 5) is 28.0. The number of alkyl halides is 3. The number of nitrogens with one attached hydrogen (secondary N) is 1. The number of hydrogen-bond donors (Lipinski definition) is 1. The molecule has 0 aromatic heterocycles. The van der Waals surface area contributed by atoms with E-state index in [1.54, 1.807) is 4.90 Å². The van der Waals surface area contributed by atoms with E-state index in [0.717, 1.165) is 12.1 Å². The summed E-state index contributed by atoms with van der Waals surface area (Å²) in [7, 11) is 1.43. The molecule has 0 saturated carbocycles. The van der Waals surface area contributed by atoms with Crippen molar-refractivity contribution in [1.29, 1.82) is 0 Å². The molecule has 2 aliphatic rings. The summed E-state index contributed by atoms with van der Waals surface area (Å²) in [6, 6.07) is 4.38. The summed E-state index contributed by atoms with van der Waals surface area (Å²) in [5, 5.41) is 2.64.